The minimum Gasteiger partial charge on any atom is -0.480 e. The Kier molecular flexibility index (Phi) is 5.08. The van der Waals surface area contributed by atoms with E-state index in [4.69, 9.17) is 4.74 Å². The number of amides is 1. The van der Waals surface area contributed by atoms with Gasteiger partial charge in [0.2, 0.25) is 5.88 Å². The van der Waals surface area contributed by atoms with Gasteiger partial charge in [0.05, 0.1) is 7.11 Å². The van der Waals surface area contributed by atoms with E-state index in [1.807, 2.05) is 18.0 Å². The molecule has 3 rings (SSSR count). The Hall–Kier alpha value is -2.43. The predicted octanol–water partition coefficient (Wildman–Crippen LogP) is 2.89. The second-order valence-electron chi connectivity index (χ2n) is 6.31. The number of methoxy groups -OCH3 is 1. The Morgan fingerprint density at radius 3 is 2.75 bits per heavy atom. The van der Waals surface area contributed by atoms with Crippen molar-refractivity contribution in [3.05, 3.63) is 53.5 Å². The average molecular weight is 325 g/mol. The molecule has 3 heterocycles. The van der Waals surface area contributed by atoms with Crippen molar-refractivity contribution in [1.82, 2.24) is 14.9 Å². The van der Waals surface area contributed by atoms with Gasteiger partial charge >= 0.3 is 0 Å². The van der Waals surface area contributed by atoms with Gasteiger partial charge in [-0.3, -0.25) is 9.78 Å². The molecule has 1 fully saturated rings. The Balaban J connectivity index is 1.59. The zero-order chi connectivity index (χ0) is 16.9. The third-order valence-electron chi connectivity index (χ3n) is 4.58. The number of likely N-dealkylation sites (tertiary alicyclic amines) is 1. The Morgan fingerprint density at radius 2 is 2.04 bits per heavy atom. The first-order valence-corrected chi connectivity index (χ1v) is 8.37. The molecule has 1 saturated heterocycles. The Labute approximate surface area is 142 Å². The van der Waals surface area contributed by atoms with Crippen molar-refractivity contribution in [3.8, 4) is 5.88 Å². The highest BCUT2D eigenvalue weighted by atomic mass is 16.5. The maximum absolute atomic E-state index is 12.7. The maximum Gasteiger partial charge on any atom is 0.259 e. The van der Waals surface area contributed by atoms with Gasteiger partial charge in [0.15, 0.2) is 0 Å². The molecule has 2 aromatic heterocycles. The zero-order valence-electron chi connectivity index (χ0n) is 14.2. The summed E-state index contributed by atoms with van der Waals surface area (Å²) in [7, 11) is 1.54. The summed E-state index contributed by atoms with van der Waals surface area (Å²) in [4.78, 5) is 23.0. The van der Waals surface area contributed by atoms with E-state index in [2.05, 4.69) is 22.1 Å². The molecule has 24 heavy (non-hydrogen) atoms. The molecule has 0 saturated carbocycles. The van der Waals surface area contributed by atoms with Crippen molar-refractivity contribution >= 4 is 5.91 Å². The van der Waals surface area contributed by atoms with Gasteiger partial charge in [-0.05, 0) is 61.9 Å². The number of pyridine rings is 2. The fraction of sp³-hybridized carbons (Fsp3) is 0.421. The van der Waals surface area contributed by atoms with Gasteiger partial charge in [-0.25, -0.2) is 4.98 Å². The topological polar surface area (TPSA) is 55.3 Å². The molecular formula is C19H23N3O2. The molecule has 0 spiro atoms. The first-order valence-electron chi connectivity index (χ1n) is 8.37. The number of carbonyl (C=O) groups is 1. The molecular weight excluding hydrogens is 302 g/mol. The summed E-state index contributed by atoms with van der Waals surface area (Å²) >= 11 is 0. The van der Waals surface area contributed by atoms with Gasteiger partial charge in [0.25, 0.3) is 5.91 Å². The zero-order valence-corrected chi connectivity index (χ0v) is 14.2. The van der Waals surface area contributed by atoms with E-state index in [1.165, 1.54) is 5.56 Å². The number of ether oxygens (including phenoxy) is 1. The second-order valence-corrected chi connectivity index (χ2v) is 6.31. The summed E-state index contributed by atoms with van der Waals surface area (Å²) in [5.74, 6) is 1.03. The van der Waals surface area contributed by atoms with Gasteiger partial charge in [-0.2, -0.15) is 0 Å². The fourth-order valence-corrected chi connectivity index (χ4v) is 3.29. The molecule has 0 bridgehead atoms. The maximum atomic E-state index is 12.7. The van der Waals surface area contributed by atoms with Crippen molar-refractivity contribution in [1.29, 1.82) is 0 Å². The summed E-state index contributed by atoms with van der Waals surface area (Å²) in [5, 5.41) is 0. The van der Waals surface area contributed by atoms with E-state index >= 15 is 0 Å². The van der Waals surface area contributed by atoms with Crippen LogP contribution in [0.5, 0.6) is 5.88 Å². The lowest BCUT2D eigenvalue weighted by atomic mass is 9.90. The first kappa shape index (κ1) is 16.4. The lowest BCUT2D eigenvalue weighted by molar-refractivity contribution is 0.0686. The van der Waals surface area contributed by atoms with E-state index in [0.29, 0.717) is 17.4 Å². The Morgan fingerprint density at radius 1 is 1.25 bits per heavy atom. The fourth-order valence-electron chi connectivity index (χ4n) is 3.29. The average Bonchev–Trinajstić information content (AvgIpc) is 2.62. The molecule has 0 N–H and O–H groups in total. The molecule has 126 valence electrons. The summed E-state index contributed by atoms with van der Waals surface area (Å²) in [6, 6.07) is 7.79. The van der Waals surface area contributed by atoms with Crippen molar-refractivity contribution in [2.24, 2.45) is 5.92 Å². The number of hydrogen-bond acceptors (Lipinski definition) is 4. The number of piperidine rings is 1. The van der Waals surface area contributed by atoms with Crippen molar-refractivity contribution in [3.63, 3.8) is 0 Å². The summed E-state index contributed by atoms with van der Waals surface area (Å²) < 4.78 is 5.20. The smallest absolute Gasteiger partial charge is 0.259 e. The van der Waals surface area contributed by atoms with Crippen LogP contribution in [0, 0.1) is 12.8 Å². The third-order valence-corrected chi connectivity index (χ3v) is 4.58. The standard InChI is InChI=1S/C19H23N3O2/c1-14-12-16(5-9-20-14)13-15-6-10-22(11-7-15)19(23)17-4-3-8-21-18(17)24-2/h3-5,8-9,12,15H,6-7,10-11,13H2,1-2H3. The molecule has 5 heteroatoms. The molecule has 5 nitrogen and oxygen atoms in total. The van der Waals surface area contributed by atoms with Crippen molar-refractivity contribution in [2.45, 2.75) is 26.2 Å². The number of carbonyl (C=O) groups excluding carboxylic acids is 1. The van der Waals surface area contributed by atoms with Crippen LogP contribution in [-0.2, 0) is 6.42 Å². The van der Waals surface area contributed by atoms with Crippen molar-refractivity contribution in [2.75, 3.05) is 20.2 Å². The first-order chi connectivity index (χ1) is 11.7. The molecule has 1 aliphatic rings. The van der Waals surface area contributed by atoms with E-state index in [0.717, 1.165) is 38.0 Å². The van der Waals surface area contributed by atoms with Gasteiger partial charge in [0, 0.05) is 31.2 Å². The number of nitrogens with zero attached hydrogens (tertiary/aromatic N) is 3. The normalized spacial score (nSPS) is 15.3. The van der Waals surface area contributed by atoms with Crippen LogP contribution in [0.2, 0.25) is 0 Å². The van der Waals surface area contributed by atoms with Crippen LogP contribution < -0.4 is 4.74 Å². The largest absolute Gasteiger partial charge is 0.480 e. The van der Waals surface area contributed by atoms with Gasteiger partial charge in [-0.15, -0.1) is 0 Å². The quantitative estimate of drug-likeness (QED) is 0.867. The number of hydrogen-bond donors (Lipinski definition) is 0. The van der Waals surface area contributed by atoms with E-state index < -0.39 is 0 Å². The van der Waals surface area contributed by atoms with Crippen LogP contribution in [0.3, 0.4) is 0 Å². The molecule has 2 aromatic rings. The monoisotopic (exact) mass is 325 g/mol. The minimum atomic E-state index is 0.0122. The molecule has 0 aromatic carbocycles. The molecule has 1 aliphatic heterocycles. The van der Waals surface area contributed by atoms with Gasteiger partial charge in [-0.1, -0.05) is 0 Å². The van der Waals surface area contributed by atoms with Crippen LogP contribution in [-0.4, -0.2) is 41.0 Å². The minimum absolute atomic E-state index is 0.0122. The van der Waals surface area contributed by atoms with Gasteiger partial charge in [0.1, 0.15) is 5.56 Å². The Bertz CT molecular complexity index is 709. The summed E-state index contributed by atoms with van der Waals surface area (Å²) in [6.45, 7) is 3.59. The number of aryl methyl sites for hydroxylation is 1. The molecule has 1 amide bonds. The summed E-state index contributed by atoms with van der Waals surface area (Å²) in [6.07, 6.45) is 6.61. The van der Waals surface area contributed by atoms with E-state index in [9.17, 15) is 4.79 Å². The highest BCUT2D eigenvalue weighted by molar-refractivity contribution is 5.96. The summed E-state index contributed by atoms with van der Waals surface area (Å²) in [5.41, 5.74) is 2.94. The van der Waals surface area contributed by atoms with E-state index in [1.54, 1.807) is 25.4 Å². The highest BCUT2D eigenvalue weighted by Gasteiger charge is 2.25. The van der Waals surface area contributed by atoms with Crippen LogP contribution in [0.4, 0.5) is 0 Å². The third kappa shape index (κ3) is 3.72. The van der Waals surface area contributed by atoms with Crippen LogP contribution in [0.25, 0.3) is 0 Å². The van der Waals surface area contributed by atoms with Crippen LogP contribution in [0.15, 0.2) is 36.7 Å². The van der Waals surface area contributed by atoms with Crippen LogP contribution in [0.1, 0.15) is 34.5 Å². The molecule has 0 aliphatic carbocycles. The van der Waals surface area contributed by atoms with Crippen LogP contribution >= 0.6 is 0 Å². The predicted molar refractivity (Wildman–Crippen MR) is 92.1 cm³/mol. The van der Waals surface area contributed by atoms with E-state index in [-0.39, 0.29) is 5.91 Å². The number of aromatic nitrogens is 2. The molecule has 0 unspecified atom stereocenters. The lowest BCUT2D eigenvalue weighted by Gasteiger charge is -2.32. The lowest BCUT2D eigenvalue weighted by Crippen LogP contribution is -2.39. The number of rotatable bonds is 4. The highest BCUT2D eigenvalue weighted by Crippen LogP contribution is 2.24. The van der Waals surface area contributed by atoms with Crippen molar-refractivity contribution < 1.29 is 9.53 Å². The van der Waals surface area contributed by atoms with Gasteiger partial charge < -0.3 is 9.64 Å². The second kappa shape index (κ2) is 7.43. The molecule has 0 atom stereocenters. The SMILES string of the molecule is COc1ncccc1C(=O)N1CCC(Cc2ccnc(C)c2)CC1. The molecule has 0 radical (unpaired) electrons.